The number of anilines is 1. The number of hydrogen-bond donors (Lipinski definition) is 0. The van der Waals surface area contributed by atoms with E-state index in [-0.39, 0.29) is 5.69 Å². The van der Waals surface area contributed by atoms with E-state index in [1.165, 1.54) is 28.6 Å². The molecule has 1 atom stereocenters. The van der Waals surface area contributed by atoms with Crippen LogP contribution in [0.3, 0.4) is 0 Å². The highest BCUT2D eigenvalue weighted by Gasteiger charge is 2.26. The number of aromatic nitrogens is 1. The topological polar surface area (TPSA) is 59.3 Å². The first-order valence-electron chi connectivity index (χ1n) is 8.56. The van der Waals surface area contributed by atoms with Crippen molar-refractivity contribution in [1.29, 1.82) is 0 Å². The lowest BCUT2D eigenvalue weighted by Gasteiger charge is -2.26. The van der Waals surface area contributed by atoms with Crippen LogP contribution in [0.1, 0.15) is 18.4 Å². The molecule has 25 heavy (non-hydrogen) atoms. The second kappa shape index (κ2) is 6.51. The molecule has 126 valence electrons. The van der Waals surface area contributed by atoms with Crippen molar-refractivity contribution in [2.45, 2.75) is 25.3 Å². The van der Waals surface area contributed by atoms with E-state index in [0.717, 1.165) is 31.6 Å². The largest absolute Gasteiger partial charge is 0.353 e. The van der Waals surface area contributed by atoms with Gasteiger partial charge in [-0.3, -0.25) is 10.1 Å². The van der Waals surface area contributed by atoms with E-state index in [9.17, 15) is 10.1 Å². The van der Waals surface area contributed by atoms with Gasteiger partial charge in [-0.2, -0.15) is 0 Å². The summed E-state index contributed by atoms with van der Waals surface area (Å²) in [6.07, 6.45) is 4.54. The molecule has 5 nitrogen and oxygen atoms in total. The van der Waals surface area contributed by atoms with E-state index >= 15 is 0 Å². The Bertz CT molecular complexity index is 903. The van der Waals surface area contributed by atoms with Gasteiger partial charge in [0.2, 0.25) is 0 Å². The summed E-state index contributed by atoms with van der Waals surface area (Å²) in [6, 6.07) is 18.6. The third kappa shape index (κ3) is 3.05. The van der Waals surface area contributed by atoms with Crippen molar-refractivity contribution < 1.29 is 4.92 Å². The highest BCUT2D eigenvalue weighted by Crippen LogP contribution is 2.29. The minimum atomic E-state index is -0.408. The number of nitrogens with zero attached hydrogens (tertiary/aromatic N) is 3. The molecule has 0 radical (unpaired) electrons. The molecule has 1 saturated heterocycles. The SMILES string of the molecule is O=[N+]([O-])c1ccc(N2CCC[C@H]2Cc2cccc3ccccc23)nc1. The second-order valence-electron chi connectivity index (χ2n) is 6.46. The average molecular weight is 333 g/mol. The minimum Gasteiger partial charge on any atom is -0.353 e. The lowest BCUT2D eigenvalue weighted by atomic mass is 9.98. The van der Waals surface area contributed by atoms with Gasteiger partial charge in [0.15, 0.2) is 0 Å². The van der Waals surface area contributed by atoms with Crippen LogP contribution in [0.2, 0.25) is 0 Å². The van der Waals surface area contributed by atoms with Gasteiger partial charge in [-0.1, -0.05) is 42.5 Å². The van der Waals surface area contributed by atoms with Gasteiger partial charge in [-0.25, -0.2) is 4.98 Å². The fourth-order valence-corrected chi connectivity index (χ4v) is 3.73. The average Bonchev–Trinajstić information content (AvgIpc) is 3.10. The molecule has 1 aliphatic rings. The molecule has 0 saturated carbocycles. The Morgan fingerprint density at radius 2 is 1.96 bits per heavy atom. The molecule has 2 aromatic carbocycles. The first-order chi connectivity index (χ1) is 12.2. The molecule has 1 fully saturated rings. The number of nitro groups is 1. The highest BCUT2D eigenvalue weighted by atomic mass is 16.6. The predicted molar refractivity (Wildman–Crippen MR) is 98.9 cm³/mol. The van der Waals surface area contributed by atoms with Crippen LogP contribution in [0.4, 0.5) is 11.5 Å². The summed E-state index contributed by atoms with van der Waals surface area (Å²) in [5.41, 5.74) is 1.38. The third-order valence-corrected chi connectivity index (χ3v) is 4.95. The molecule has 5 heteroatoms. The number of benzene rings is 2. The van der Waals surface area contributed by atoms with Crippen molar-refractivity contribution in [1.82, 2.24) is 4.98 Å². The molecule has 0 bridgehead atoms. The number of hydrogen-bond acceptors (Lipinski definition) is 4. The maximum absolute atomic E-state index is 10.8. The quantitative estimate of drug-likeness (QED) is 0.526. The Balaban J connectivity index is 1.60. The summed E-state index contributed by atoms with van der Waals surface area (Å²) in [5.74, 6) is 0.827. The van der Waals surface area contributed by atoms with Crippen molar-refractivity contribution in [2.24, 2.45) is 0 Å². The summed E-state index contributed by atoms with van der Waals surface area (Å²) in [4.78, 5) is 17.0. The van der Waals surface area contributed by atoms with Crippen molar-refractivity contribution in [2.75, 3.05) is 11.4 Å². The van der Waals surface area contributed by atoms with Gasteiger partial charge in [0, 0.05) is 18.7 Å². The lowest BCUT2D eigenvalue weighted by Crippen LogP contribution is -2.31. The Labute approximate surface area is 146 Å². The molecular formula is C20H19N3O2. The fraction of sp³-hybridized carbons (Fsp3) is 0.250. The summed E-state index contributed by atoms with van der Waals surface area (Å²) in [5, 5.41) is 13.4. The molecule has 2 heterocycles. The van der Waals surface area contributed by atoms with E-state index in [2.05, 4.69) is 52.3 Å². The third-order valence-electron chi connectivity index (χ3n) is 4.95. The zero-order valence-electron chi connectivity index (χ0n) is 13.8. The summed E-state index contributed by atoms with van der Waals surface area (Å²) >= 11 is 0. The Kier molecular flexibility index (Phi) is 4.06. The Hall–Kier alpha value is -2.95. The summed E-state index contributed by atoms with van der Waals surface area (Å²) < 4.78 is 0. The smallest absolute Gasteiger partial charge is 0.287 e. The first-order valence-corrected chi connectivity index (χ1v) is 8.56. The van der Waals surface area contributed by atoms with Gasteiger partial charge in [0.25, 0.3) is 5.69 Å². The van der Waals surface area contributed by atoms with E-state index in [4.69, 9.17) is 0 Å². The van der Waals surface area contributed by atoms with Crippen molar-refractivity contribution in [3.8, 4) is 0 Å². The van der Waals surface area contributed by atoms with Gasteiger partial charge in [0.05, 0.1) is 4.92 Å². The molecule has 4 rings (SSSR count). The van der Waals surface area contributed by atoms with Gasteiger partial charge in [0.1, 0.15) is 12.0 Å². The van der Waals surface area contributed by atoms with Crippen LogP contribution in [0.25, 0.3) is 10.8 Å². The first kappa shape index (κ1) is 15.6. The van der Waals surface area contributed by atoms with E-state index in [0.29, 0.717) is 6.04 Å². The predicted octanol–water partition coefficient (Wildman–Crippen LogP) is 4.35. The van der Waals surface area contributed by atoms with Crippen LogP contribution in [-0.2, 0) is 6.42 Å². The highest BCUT2D eigenvalue weighted by molar-refractivity contribution is 5.85. The maximum Gasteiger partial charge on any atom is 0.287 e. The Morgan fingerprint density at radius 1 is 1.12 bits per heavy atom. The van der Waals surface area contributed by atoms with Crippen LogP contribution in [0, 0.1) is 10.1 Å². The van der Waals surface area contributed by atoms with E-state index < -0.39 is 4.92 Å². The van der Waals surface area contributed by atoms with Gasteiger partial charge in [-0.05, 0) is 41.7 Å². The standard InChI is InChI=1S/C20H19N3O2/c24-23(25)18-10-11-20(21-14-18)22-12-4-8-17(22)13-16-7-3-6-15-5-1-2-9-19(15)16/h1-3,5-7,9-11,14,17H,4,8,12-13H2/t17-/m0/s1. The Morgan fingerprint density at radius 3 is 2.76 bits per heavy atom. The maximum atomic E-state index is 10.8. The second-order valence-corrected chi connectivity index (χ2v) is 6.46. The fourth-order valence-electron chi connectivity index (χ4n) is 3.73. The lowest BCUT2D eigenvalue weighted by molar-refractivity contribution is -0.385. The zero-order valence-corrected chi connectivity index (χ0v) is 13.8. The van der Waals surface area contributed by atoms with Crippen LogP contribution < -0.4 is 4.90 Å². The monoisotopic (exact) mass is 333 g/mol. The molecule has 0 unspecified atom stereocenters. The molecule has 3 aromatic rings. The molecule has 0 spiro atoms. The molecule has 1 aliphatic heterocycles. The van der Waals surface area contributed by atoms with E-state index in [1.54, 1.807) is 6.07 Å². The number of rotatable bonds is 4. The van der Waals surface area contributed by atoms with Crippen molar-refractivity contribution in [3.63, 3.8) is 0 Å². The van der Waals surface area contributed by atoms with Crippen LogP contribution >= 0.6 is 0 Å². The summed E-state index contributed by atoms with van der Waals surface area (Å²) in [6.45, 7) is 0.945. The van der Waals surface area contributed by atoms with Gasteiger partial charge >= 0.3 is 0 Å². The minimum absolute atomic E-state index is 0.0357. The number of pyridine rings is 1. The normalized spacial score (nSPS) is 17.1. The number of fused-ring (bicyclic) bond motifs is 1. The molecule has 0 aliphatic carbocycles. The van der Waals surface area contributed by atoms with Crippen LogP contribution in [0.5, 0.6) is 0 Å². The molecule has 1 aromatic heterocycles. The van der Waals surface area contributed by atoms with Gasteiger partial charge < -0.3 is 4.90 Å². The summed E-state index contributed by atoms with van der Waals surface area (Å²) in [7, 11) is 0. The van der Waals surface area contributed by atoms with Gasteiger partial charge in [-0.15, -0.1) is 0 Å². The molecule has 0 amide bonds. The van der Waals surface area contributed by atoms with Crippen LogP contribution in [-0.4, -0.2) is 22.5 Å². The van der Waals surface area contributed by atoms with Crippen molar-refractivity contribution >= 4 is 22.3 Å². The zero-order chi connectivity index (χ0) is 17.2. The van der Waals surface area contributed by atoms with Crippen LogP contribution in [0.15, 0.2) is 60.8 Å². The van der Waals surface area contributed by atoms with E-state index in [1.807, 2.05) is 0 Å². The molecule has 0 N–H and O–H groups in total. The molecular weight excluding hydrogens is 314 g/mol. The van der Waals surface area contributed by atoms with Crippen molar-refractivity contribution in [3.05, 3.63) is 76.5 Å².